The van der Waals surface area contributed by atoms with Crippen molar-refractivity contribution in [3.63, 3.8) is 0 Å². The van der Waals surface area contributed by atoms with E-state index in [9.17, 15) is 4.79 Å². The summed E-state index contributed by atoms with van der Waals surface area (Å²) in [7, 11) is 0. The number of carbonyl (C=O) groups excluding carboxylic acids is 1. The Morgan fingerprint density at radius 2 is 1.95 bits per heavy atom. The summed E-state index contributed by atoms with van der Waals surface area (Å²) in [5.74, 6) is 0.368. The molecule has 1 saturated carbocycles. The molecule has 0 spiro atoms. The molecule has 4 heteroatoms. The largest absolute Gasteiger partial charge is 0.340 e. The minimum atomic E-state index is -0.219. The van der Waals surface area contributed by atoms with Crippen LogP contribution in [0.2, 0.25) is 0 Å². The molecule has 1 aromatic rings. The summed E-state index contributed by atoms with van der Waals surface area (Å²) in [5.41, 5.74) is 0.973. The van der Waals surface area contributed by atoms with E-state index in [1.54, 1.807) is 0 Å². The zero-order chi connectivity index (χ0) is 15.2. The molecule has 22 heavy (non-hydrogen) atoms. The van der Waals surface area contributed by atoms with Crippen LogP contribution >= 0.6 is 15.9 Å². The molecule has 0 unspecified atom stereocenters. The lowest BCUT2D eigenvalue weighted by Crippen LogP contribution is -2.41. The van der Waals surface area contributed by atoms with Crippen molar-refractivity contribution in [2.45, 2.75) is 43.6 Å². The van der Waals surface area contributed by atoms with Crippen molar-refractivity contribution in [3.8, 4) is 0 Å². The van der Waals surface area contributed by atoms with Crippen molar-refractivity contribution < 1.29 is 4.79 Å². The summed E-state index contributed by atoms with van der Waals surface area (Å²) in [6.45, 7) is 4.33. The molecule has 1 atom stereocenters. The highest BCUT2D eigenvalue weighted by molar-refractivity contribution is 9.10. The molecular formula is C18H23BrN2O. The van der Waals surface area contributed by atoms with Gasteiger partial charge in [-0.2, -0.15) is 0 Å². The van der Waals surface area contributed by atoms with E-state index in [0.29, 0.717) is 11.9 Å². The number of nitrogens with zero attached hydrogens (tertiary/aromatic N) is 2. The summed E-state index contributed by atoms with van der Waals surface area (Å²) in [6.07, 6.45) is 5.82. The predicted octanol–water partition coefficient (Wildman–Crippen LogP) is 3.18. The van der Waals surface area contributed by atoms with Gasteiger partial charge in [-0.25, -0.2) is 0 Å². The molecule has 2 aliphatic heterocycles. The van der Waals surface area contributed by atoms with Crippen LogP contribution in [0, 0.1) is 0 Å². The fraction of sp³-hybridized carbons (Fsp3) is 0.611. The van der Waals surface area contributed by atoms with E-state index in [-0.39, 0.29) is 5.41 Å². The van der Waals surface area contributed by atoms with E-state index < -0.39 is 0 Å². The van der Waals surface area contributed by atoms with Crippen molar-refractivity contribution in [1.82, 2.24) is 9.80 Å². The van der Waals surface area contributed by atoms with Crippen molar-refractivity contribution in [2.24, 2.45) is 0 Å². The summed E-state index contributed by atoms with van der Waals surface area (Å²) < 4.78 is 1.07. The molecule has 1 amide bonds. The molecule has 1 aromatic carbocycles. The Balaban J connectivity index is 1.48. The van der Waals surface area contributed by atoms with Crippen LogP contribution in [0.1, 0.15) is 37.7 Å². The van der Waals surface area contributed by atoms with Gasteiger partial charge in [0.2, 0.25) is 5.91 Å². The van der Waals surface area contributed by atoms with Gasteiger partial charge >= 0.3 is 0 Å². The maximum Gasteiger partial charge on any atom is 0.233 e. The Hall–Kier alpha value is -0.870. The lowest BCUT2D eigenvalue weighted by Gasteiger charge is -2.26. The Morgan fingerprint density at radius 3 is 2.64 bits per heavy atom. The molecule has 4 rings (SSSR count). The van der Waals surface area contributed by atoms with Crippen molar-refractivity contribution in [2.75, 3.05) is 26.2 Å². The van der Waals surface area contributed by atoms with Gasteiger partial charge in [0.05, 0.1) is 5.41 Å². The minimum absolute atomic E-state index is 0.219. The standard InChI is InChI=1S/C18H23BrN2O/c19-15-5-3-4-14(12-15)18(7-8-18)17(22)21-11-6-16(13-21)20-9-1-2-10-20/h3-5,12,16H,1-2,6-11,13H2/t16-/m1/s1. The van der Waals surface area contributed by atoms with Gasteiger partial charge in [0.25, 0.3) is 0 Å². The third-order valence-electron chi connectivity index (χ3n) is 5.64. The van der Waals surface area contributed by atoms with Crippen molar-refractivity contribution >= 4 is 21.8 Å². The average molecular weight is 363 g/mol. The fourth-order valence-electron chi connectivity index (χ4n) is 4.17. The fourth-order valence-corrected chi connectivity index (χ4v) is 4.57. The monoisotopic (exact) mass is 362 g/mol. The second kappa shape index (κ2) is 5.64. The number of halogens is 1. The van der Waals surface area contributed by atoms with Gasteiger partial charge in [0.15, 0.2) is 0 Å². The van der Waals surface area contributed by atoms with Crippen LogP contribution in [-0.2, 0) is 10.2 Å². The van der Waals surface area contributed by atoms with Crippen LogP contribution in [0.4, 0.5) is 0 Å². The van der Waals surface area contributed by atoms with E-state index in [1.165, 1.54) is 31.5 Å². The van der Waals surface area contributed by atoms with Gasteiger partial charge in [-0.15, -0.1) is 0 Å². The van der Waals surface area contributed by atoms with Crippen LogP contribution in [0.15, 0.2) is 28.7 Å². The molecule has 2 heterocycles. The van der Waals surface area contributed by atoms with Crippen molar-refractivity contribution in [1.29, 1.82) is 0 Å². The molecule has 0 bridgehead atoms. The first-order chi connectivity index (χ1) is 10.7. The molecule has 3 fully saturated rings. The Bertz CT molecular complexity index is 578. The highest BCUT2D eigenvalue weighted by Gasteiger charge is 2.54. The van der Waals surface area contributed by atoms with Crippen LogP contribution in [0.5, 0.6) is 0 Å². The number of likely N-dealkylation sites (tertiary alicyclic amines) is 2. The molecule has 0 N–H and O–H groups in total. The predicted molar refractivity (Wildman–Crippen MR) is 90.8 cm³/mol. The normalized spacial score (nSPS) is 27.3. The third-order valence-corrected chi connectivity index (χ3v) is 6.14. The molecular weight excluding hydrogens is 340 g/mol. The zero-order valence-electron chi connectivity index (χ0n) is 12.9. The van der Waals surface area contributed by atoms with Gasteiger partial charge < -0.3 is 4.90 Å². The first-order valence-corrected chi connectivity index (χ1v) is 9.28. The highest BCUT2D eigenvalue weighted by Crippen LogP contribution is 2.50. The maximum atomic E-state index is 13.1. The van der Waals surface area contributed by atoms with Crippen molar-refractivity contribution in [3.05, 3.63) is 34.3 Å². The topological polar surface area (TPSA) is 23.6 Å². The van der Waals surface area contributed by atoms with Crippen LogP contribution in [0.25, 0.3) is 0 Å². The van der Waals surface area contributed by atoms with E-state index in [0.717, 1.165) is 36.8 Å². The van der Waals surface area contributed by atoms with E-state index >= 15 is 0 Å². The SMILES string of the molecule is O=C(N1CC[C@@H](N2CCCC2)C1)C1(c2cccc(Br)c2)CC1. The zero-order valence-corrected chi connectivity index (χ0v) is 14.5. The lowest BCUT2D eigenvalue weighted by atomic mass is 9.94. The minimum Gasteiger partial charge on any atom is -0.340 e. The second-order valence-corrected chi connectivity index (χ2v) is 7.94. The maximum absolute atomic E-state index is 13.1. The summed E-state index contributed by atoms with van der Waals surface area (Å²) in [5, 5.41) is 0. The molecule has 0 radical (unpaired) electrons. The smallest absolute Gasteiger partial charge is 0.233 e. The van der Waals surface area contributed by atoms with Crippen LogP contribution in [-0.4, -0.2) is 47.9 Å². The molecule has 3 aliphatic rings. The average Bonchev–Trinajstić information content (AvgIpc) is 2.95. The molecule has 0 aromatic heterocycles. The van der Waals surface area contributed by atoms with E-state index in [2.05, 4.69) is 37.9 Å². The van der Waals surface area contributed by atoms with Crippen LogP contribution < -0.4 is 0 Å². The first kappa shape index (κ1) is 14.7. The molecule has 118 valence electrons. The summed E-state index contributed by atoms with van der Waals surface area (Å²) >= 11 is 3.54. The lowest BCUT2D eigenvalue weighted by molar-refractivity contribution is -0.133. The number of hydrogen-bond acceptors (Lipinski definition) is 2. The Kier molecular flexibility index (Phi) is 3.77. The van der Waals surface area contributed by atoms with Gasteiger partial charge in [-0.05, 0) is 62.9 Å². The molecule has 2 saturated heterocycles. The highest BCUT2D eigenvalue weighted by atomic mass is 79.9. The molecule has 1 aliphatic carbocycles. The first-order valence-electron chi connectivity index (χ1n) is 8.48. The number of benzene rings is 1. The van der Waals surface area contributed by atoms with E-state index in [4.69, 9.17) is 0 Å². The Labute approximate surface area is 140 Å². The number of carbonyl (C=O) groups is 1. The quantitative estimate of drug-likeness (QED) is 0.824. The van der Waals surface area contributed by atoms with Gasteiger partial charge in [0, 0.05) is 23.6 Å². The van der Waals surface area contributed by atoms with Crippen LogP contribution in [0.3, 0.4) is 0 Å². The third kappa shape index (κ3) is 2.50. The second-order valence-electron chi connectivity index (χ2n) is 7.03. The molecule has 3 nitrogen and oxygen atoms in total. The van der Waals surface area contributed by atoms with Gasteiger partial charge in [-0.1, -0.05) is 28.1 Å². The van der Waals surface area contributed by atoms with Gasteiger partial charge in [-0.3, -0.25) is 9.69 Å². The summed E-state index contributed by atoms with van der Waals surface area (Å²) in [6, 6.07) is 8.92. The number of hydrogen-bond donors (Lipinski definition) is 0. The van der Waals surface area contributed by atoms with E-state index in [1.807, 2.05) is 12.1 Å². The van der Waals surface area contributed by atoms with Gasteiger partial charge in [0.1, 0.15) is 0 Å². The number of rotatable bonds is 3. The number of amides is 1. The summed E-state index contributed by atoms with van der Waals surface area (Å²) in [4.78, 5) is 17.8. The Morgan fingerprint density at radius 1 is 1.18 bits per heavy atom.